The van der Waals surface area contributed by atoms with Crippen molar-refractivity contribution in [2.75, 3.05) is 6.54 Å². The van der Waals surface area contributed by atoms with Crippen LogP contribution >= 0.6 is 0 Å². The van der Waals surface area contributed by atoms with Gasteiger partial charge in [0.15, 0.2) is 0 Å². The highest BCUT2D eigenvalue weighted by Gasteiger charge is 2.23. The van der Waals surface area contributed by atoms with Crippen LogP contribution in [0.25, 0.3) is 0 Å². The minimum absolute atomic E-state index is 0.0130. The number of hydrogen-bond donors (Lipinski definition) is 2. The Morgan fingerprint density at radius 3 is 2.44 bits per heavy atom. The molecule has 0 fully saturated rings. The number of sulfonamides is 1. The Morgan fingerprint density at radius 2 is 1.94 bits per heavy atom. The van der Waals surface area contributed by atoms with Crippen LogP contribution in [-0.4, -0.2) is 25.7 Å². The summed E-state index contributed by atoms with van der Waals surface area (Å²) in [5.74, 6) is 0. The van der Waals surface area contributed by atoms with E-state index in [9.17, 15) is 13.5 Å². The van der Waals surface area contributed by atoms with Gasteiger partial charge < -0.3 is 5.11 Å². The first-order chi connectivity index (χ1) is 8.18. The van der Waals surface area contributed by atoms with Gasteiger partial charge in [-0.2, -0.15) is 0 Å². The lowest BCUT2D eigenvalue weighted by Gasteiger charge is -2.21. The number of nitrogens with one attached hydrogen (secondary N) is 1. The van der Waals surface area contributed by atoms with E-state index < -0.39 is 15.6 Å². The van der Waals surface area contributed by atoms with Gasteiger partial charge in [0.1, 0.15) is 0 Å². The molecule has 0 bridgehead atoms. The maximum atomic E-state index is 12.1. The van der Waals surface area contributed by atoms with Crippen molar-refractivity contribution in [3.8, 4) is 0 Å². The van der Waals surface area contributed by atoms with Crippen LogP contribution < -0.4 is 4.72 Å². The van der Waals surface area contributed by atoms with Crippen molar-refractivity contribution in [1.82, 2.24) is 4.72 Å². The maximum absolute atomic E-state index is 12.1. The molecule has 0 amide bonds. The SMILES string of the molecule is CCC(C)(O)CNS(=O)(=O)c1ccc(C)cc1C. The largest absolute Gasteiger partial charge is 0.389 e. The number of hydrogen-bond acceptors (Lipinski definition) is 3. The summed E-state index contributed by atoms with van der Waals surface area (Å²) in [4.78, 5) is 0.264. The minimum atomic E-state index is -3.56. The van der Waals surface area contributed by atoms with Crippen molar-refractivity contribution in [2.24, 2.45) is 0 Å². The van der Waals surface area contributed by atoms with Crippen molar-refractivity contribution < 1.29 is 13.5 Å². The smallest absolute Gasteiger partial charge is 0.240 e. The normalized spacial score (nSPS) is 15.4. The van der Waals surface area contributed by atoms with Crippen molar-refractivity contribution in [3.05, 3.63) is 29.3 Å². The summed E-state index contributed by atoms with van der Waals surface area (Å²) < 4.78 is 26.7. The second-order valence-electron chi connectivity index (χ2n) is 4.94. The predicted octanol–water partition coefficient (Wildman–Crippen LogP) is 1.74. The molecule has 4 nitrogen and oxygen atoms in total. The van der Waals surface area contributed by atoms with E-state index >= 15 is 0 Å². The van der Waals surface area contributed by atoms with Crippen LogP contribution in [0.3, 0.4) is 0 Å². The average Bonchev–Trinajstić information content (AvgIpc) is 2.26. The topological polar surface area (TPSA) is 66.4 Å². The fourth-order valence-corrected chi connectivity index (χ4v) is 2.94. The molecule has 0 aliphatic heterocycles. The molecule has 0 aliphatic carbocycles. The van der Waals surface area contributed by atoms with Gasteiger partial charge in [-0.05, 0) is 38.8 Å². The van der Waals surface area contributed by atoms with Crippen molar-refractivity contribution in [1.29, 1.82) is 0 Å². The van der Waals surface area contributed by atoms with E-state index in [2.05, 4.69) is 4.72 Å². The quantitative estimate of drug-likeness (QED) is 0.857. The molecule has 1 unspecified atom stereocenters. The molecule has 1 rings (SSSR count). The Morgan fingerprint density at radius 1 is 1.33 bits per heavy atom. The zero-order valence-corrected chi connectivity index (χ0v) is 12.1. The van der Waals surface area contributed by atoms with Gasteiger partial charge in [0.25, 0.3) is 0 Å². The highest BCUT2D eigenvalue weighted by molar-refractivity contribution is 7.89. The standard InChI is InChI=1S/C13H21NO3S/c1-5-13(4,15)9-14-18(16,17)12-7-6-10(2)8-11(12)3/h6-8,14-15H,5,9H2,1-4H3. The molecule has 1 aromatic rings. The number of aliphatic hydroxyl groups is 1. The maximum Gasteiger partial charge on any atom is 0.240 e. The minimum Gasteiger partial charge on any atom is -0.389 e. The van der Waals surface area contributed by atoms with Gasteiger partial charge in [0.2, 0.25) is 10.0 Å². The summed E-state index contributed by atoms with van der Waals surface area (Å²) >= 11 is 0. The molecule has 0 heterocycles. The molecule has 2 N–H and O–H groups in total. The Balaban J connectivity index is 2.94. The Kier molecular flexibility index (Phi) is 4.53. The summed E-state index contributed by atoms with van der Waals surface area (Å²) in [6, 6.07) is 5.18. The predicted molar refractivity (Wildman–Crippen MR) is 72.0 cm³/mol. The first-order valence-corrected chi connectivity index (χ1v) is 7.45. The monoisotopic (exact) mass is 271 g/mol. The number of benzene rings is 1. The highest BCUT2D eigenvalue weighted by atomic mass is 32.2. The van der Waals surface area contributed by atoms with Crippen LogP contribution in [0.1, 0.15) is 31.4 Å². The van der Waals surface area contributed by atoms with Gasteiger partial charge in [-0.1, -0.05) is 24.6 Å². The Hall–Kier alpha value is -0.910. The van der Waals surface area contributed by atoms with E-state index in [1.54, 1.807) is 26.0 Å². The summed E-state index contributed by atoms with van der Waals surface area (Å²) in [6.07, 6.45) is 0.488. The van der Waals surface area contributed by atoms with Gasteiger partial charge in [0, 0.05) is 6.54 Å². The van der Waals surface area contributed by atoms with E-state index in [0.29, 0.717) is 12.0 Å². The molecule has 0 aliphatic rings. The second kappa shape index (κ2) is 5.38. The molecule has 0 saturated carbocycles. The van der Waals surface area contributed by atoms with Gasteiger partial charge in [-0.3, -0.25) is 0 Å². The number of rotatable bonds is 5. The van der Waals surface area contributed by atoms with Gasteiger partial charge in [0.05, 0.1) is 10.5 Å². The molecule has 1 atom stereocenters. The van der Waals surface area contributed by atoms with Gasteiger partial charge in [-0.15, -0.1) is 0 Å². The van der Waals surface area contributed by atoms with E-state index in [1.165, 1.54) is 0 Å². The average molecular weight is 271 g/mol. The third-order valence-electron chi connectivity index (χ3n) is 3.02. The van der Waals surface area contributed by atoms with Crippen LogP contribution in [-0.2, 0) is 10.0 Å². The van der Waals surface area contributed by atoms with Crippen molar-refractivity contribution in [2.45, 2.75) is 44.6 Å². The van der Waals surface area contributed by atoms with E-state index in [4.69, 9.17) is 0 Å². The van der Waals surface area contributed by atoms with Crippen LogP contribution in [0.15, 0.2) is 23.1 Å². The molecule has 5 heteroatoms. The highest BCUT2D eigenvalue weighted by Crippen LogP contribution is 2.17. The summed E-state index contributed by atoms with van der Waals surface area (Å²) in [7, 11) is -3.56. The van der Waals surface area contributed by atoms with E-state index in [-0.39, 0.29) is 11.4 Å². The molecular formula is C13H21NO3S. The molecule has 0 aromatic heterocycles. The summed E-state index contributed by atoms with van der Waals surface area (Å²) in [6.45, 7) is 7.11. The van der Waals surface area contributed by atoms with E-state index in [1.807, 2.05) is 19.9 Å². The summed E-state index contributed by atoms with van der Waals surface area (Å²) in [5, 5.41) is 9.82. The third-order valence-corrected chi connectivity index (χ3v) is 4.59. The first kappa shape index (κ1) is 15.1. The van der Waals surface area contributed by atoms with Crippen LogP contribution in [0.2, 0.25) is 0 Å². The Labute approximate surface area is 109 Å². The van der Waals surface area contributed by atoms with Crippen molar-refractivity contribution in [3.63, 3.8) is 0 Å². The lowest BCUT2D eigenvalue weighted by atomic mass is 10.1. The summed E-state index contributed by atoms with van der Waals surface area (Å²) in [5.41, 5.74) is 0.705. The molecule has 0 spiro atoms. The van der Waals surface area contributed by atoms with Crippen LogP contribution in [0.4, 0.5) is 0 Å². The lowest BCUT2D eigenvalue weighted by Crippen LogP contribution is -2.40. The van der Waals surface area contributed by atoms with Crippen LogP contribution in [0, 0.1) is 13.8 Å². The molecule has 1 aromatic carbocycles. The van der Waals surface area contributed by atoms with Crippen LogP contribution in [0.5, 0.6) is 0 Å². The second-order valence-corrected chi connectivity index (χ2v) is 6.68. The Bertz CT molecular complexity index is 521. The van der Waals surface area contributed by atoms with Gasteiger partial charge >= 0.3 is 0 Å². The zero-order chi connectivity index (χ0) is 14.0. The van der Waals surface area contributed by atoms with Gasteiger partial charge in [-0.25, -0.2) is 13.1 Å². The van der Waals surface area contributed by atoms with Crippen molar-refractivity contribution >= 4 is 10.0 Å². The molecule has 102 valence electrons. The fourth-order valence-electron chi connectivity index (χ4n) is 1.55. The number of aryl methyl sites for hydroxylation is 2. The zero-order valence-electron chi connectivity index (χ0n) is 11.3. The molecule has 0 radical (unpaired) electrons. The molecule has 18 heavy (non-hydrogen) atoms. The third kappa shape index (κ3) is 3.80. The van der Waals surface area contributed by atoms with E-state index in [0.717, 1.165) is 5.56 Å². The molecular weight excluding hydrogens is 250 g/mol. The molecule has 0 saturated heterocycles. The fraction of sp³-hybridized carbons (Fsp3) is 0.538. The first-order valence-electron chi connectivity index (χ1n) is 5.97. The lowest BCUT2D eigenvalue weighted by molar-refractivity contribution is 0.0613.